The predicted molar refractivity (Wildman–Crippen MR) is 116 cm³/mol. The number of carbonyl (C=O) groups is 1. The molecule has 0 atom stereocenters. The number of nitrogens with zero attached hydrogens (tertiary/aromatic N) is 1. The van der Waals surface area contributed by atoms with Crippen LogP contribution < -0.4 is 0 Å². The van der Waals surface area contributed by atoms with Crippen molar-refractivity contribution in [3.63, 3.8) is 0 Å². The number of halogens is 1. The molecule has 2 aliphatic carbocycles. The molecule has 2 saturated carbocycles. The van der Waals surface area contributed by atoms with Gasteiger partial charge in [0.15, 0.2) is 5.83 Å². The second-order valence-electron chi connectivity index (χ2n) is 8.96. The lowest BCUT2D eigenvalue weighted by Crippen LogP contribution is -2.29. The Morgan fingerprint density at radius 1 is 1.10 bits per heavy atom. The summed E-state index contributed by atoms with van der Waals surface area (Å²) in [5, 5.41) is 8.45. The second-order valence-corrected chi connectivity index (χ2v) is 8.96. The SMILES string of the molecule is CCc1ccc(C2CCC(OC(=O)C3CCC(CC/C=C(/F)C#N)CC3)CC2)cc1. The van der Waals surface area contributed by atoms with E-state index in [4.69, 9.17) is 10.00 Å². The number of carbonyl (C=O) groups excluding carboxylic acids is 1. The van der Waals surface area contributed by atoms with Crippen molar-refractivity contribution in [1.82, 2.24) is 0 Å². The number of rotatable bonds is 7. The molecule has 0 bridgehead atoms. The van der Waals surface area contributed by atoms with E-state index in [0.29, 0.717) is 18.3 Å². The van der Waals surface area contributed by atoms with Gasteiger partial charge in [-0.25, -0.2) is 0 Å². The van der Waals surface area contributed by atoms with Gasteiger partial charge in [-0.05, 0) is 99.7 Å². The monoisotopic (exact) mass is 411 g/mol. The van der Waals surface area contributed by atoms with Gasteiger partial charge in [0.2, 0.25) is 0 Å². The van der Waals surface area contributed by atoms with Gasteiger partial charge in [0.25, 0.3) is 0 Å². The summed E-state index contributed by atoms with van der Waals surface area (Å²) in [7, 11) is 0. The molecule has 0 aromatic heterocycles. The van der Waals surface area contributed by atoms with Crippen LogP contribution in [0.4, 0.5) is 4.39 Å². The Hall–Kier alpha value is -2.15. The maximum absolute atomic E-state index is 12.9. The standard InChI is InChI=1S/C26H34FNO2/c1-2-19-6-10-21(11-7-19)22-14-16-25(17-15-22)30-26(29)23-12-8-20(9-13-23)4-3-5-24(27)18-28/h5-7,10-11,20,22-23,25H,2-4,8-9,12-17H2,1H3/b24-5+. The summed E-state index contributed by atoms with van der Waals surface area (Å²) in [5.41, 5.74) is 2.79. The average molecular weight is 412 g/mol. The van der Waals surface area contributed by atoms with E-state index in [1.165, 1.54) is 23.3 Å². The van der Waals surface area contributed by atoms with Crippen LogP contribution in [0.5, 0.6) is 0 Å². The summed E-state index contributed by atoms with van der Waals surface area (Å²) in [6.07, 6.45) is 11.8. The van der Waals surface area contributed by atoms with Gasteiger partial charge in [0.05, 0.1) is 5.92 Å². The summed E-state index contributed by atoms with van der Waals surface area (Å²) in [6.45, 7) is 2.18. The Kier molecular flexibility index (Phi) is 8.49. The second kappa shape index (κ2) is 11.3. The quantitative estimate of drug-likeness (QED) is 0.367. The molecule has 2 aliphatic rings. The largest absolute Gasteiger partial charge is 0.462 e. The lowest BCUT2D eigenvalue weighted by atomic mass is 9.79. The number of benzene rings is 1. The van der Waals surface area contributed by atoms with Gasteiger partial charge >= 0.3 is 5.97 Å². The van der Waals surface area contributed by atoms with Crippen LogP contribution in [0.2, 0.25) is 0 Å². The summed E-state index contributed by atoms with van der Waals surface area (Å²) in [5.74, 6) is 0.416. The first-order chi connectivity index (χ1) is 14.6. The van der Waals surface area contributed by atoms with Gasteiger partial charge in [-0.1, -0.05) is 31.2 Å². The van der Waals surface area contributed by atoms with Crippen LogP contribution in [-0.2, 0) is 16.0 Å². The molecule has 0 amide bonds. The Morgan fingerprint density at radius 2 is 1.77 bits per heavy atom. The number of ether oxygens (including phenoxy) is 1. The van der Waals surface area contributed by atoms with E-state index < -0.39 is 5.83 Å². The molecular formula is C26H34FNO2. The van der Waals surface area contributed by atoms with Crippen LogP contribution in [0.3, 0.4) is 0 Å². The highest BCUT2D eigenvalue weighted by molar-refractivity contribution is 5.72. The Bertz CT molecular complexity index is 748. The molecule has 162 valence electrons. The van der Waals surface area contributed by atoms with Crippen molar-refractivity contribution in [1.29, 1.82) is 5.26 Å². The molecule has 3 nitrogen and oxygen atoms in total. The van der Waals surface area contributed by atoms with Gasteiger partial charge in [-0.15, -0.1) is 0 Å². The van der Waals surface area contributed by atoms with Crippen LogP contribution in [0.1, 0.15) is 88.2 Å². The van der Waals surface area contributed by atoms with E-state index in [0.717, 1.165) is 64.2 Å². The van der Waals surface area contributed by atoms with Crippen molar-refractivity contribution in [3.05, 3.63) is 47.3 Å². The van der Waals surface area contributed by atoms with Crippen molar-refractivity contribution in [3.8, 4) is 6.07 Å². The highest BCUT2D eigenvalue weighted by Gasteiger charge is 2.30. The molecule has 0 unspecified atom stereocenters. The molecule has 4 heteroatoms. The van der Waals surface area contributed by atoms with Crippen molar-refractivity contribution in [2.24, 2.45) is 11.8 Å². The average Bonchev–Trinajstić information content (AvgIpc) is 2.80. The zero-order chi connectivity index (χ0) is 21.3. The number of hydrogen-bond donors (Lipinski definition) is 0. The lowest BCUT2D eigenvalue weighted by molar-refractivity contribution is -0.157. The third-order valence-corrected chi connectivity index (χ3v) is 7.00. The highest BCUT2D eigenvalue weighted by Crippen LogP contribution is 2.36. The first kappa shape index (κ1) is 22.5. The summed E-state index contributed by atoms with van der Waals surface area (Å²) in [6, 6.07) is 10.5. The molecule has 2 fully saturated rings. The minimum Gasteiger partial charge on any atom is -0.462 e. The van der Waals surface area contributed by atoms with Crippen LogP contribution in [0, 0.1) is 23.2 Å². The molecule has 0 spiro atoms. The van der Waals surface area contributed by atoms with Crippen molar-refractivity contribution in [2.45, 2.75) is 89.6 Å². The fourth-order valence-corrected chi connectivity index (χ4v) is 4.98. The summed E-state index contributed by atoms with van der Waals surface area (Å²) < 4.78 is 18.7. The molecule has 0 heterocycles. The predicted octanol–water partition coefficient (Wildman–Crippen LogP) is 6.78. The number of hydrogen-bond acceptors (Lipinski definition) is 3. The van der Waals surface area contributed by atoms with Crippen LogP contribution in [-0.4, -0.2) is 12.1 Å². The number of nitriles is 1. The molecule has 1 aromatic rings. The van der Waals surface area contributed by atoms with E-state index in [-0.39, 0.29) is 18.0 Å². The van der Waals surface area contributed by atoms with E-state index in [9.17, 15) is 9.18 Å². The van der Waals surface area contributed by atoms with Crippen molar-refractivity contribution >= 4 is 5.97 Å². The highest BCUT2D eigenvalue weighted by atomic mass is 19.1. The maximum atomic E-state index is 12.9. The number of esters is 1. The molecule has 3 rings (SSSR count). The molecular weight excluding hydrogens is 377 g/mol. The fraction of sp³-hybridized carbons (Fsp3) is 0.615. The molecule has 0 radical (unpaired) electrons. The first-order valence-electron chi connectivity index (χ1n) is 11.6. The third-order valence-electron chi connectivity index (χ3n) is 7.00. The fourth-order valence-electron chi connectivity index (χ4n) is 4.98. The molecule has 0 saturated heterocycles. The van der Waals surface area contributed by atoms with Crippen LogP contribution in [0.15, 0.2) is 36.2 Å². The molecule has 1 aromatic carbocycles. The smallest absolute Gasteiger partial charge is 0.309 e. The van der Waals surface area contributed by atoms with E-state index in [1.807, 2.05) is 0 Å². The minimum absolute atomic E-state index is 0.0142. The number of allylic oxidation sites excluding steroid dienone is 2. The first-order valence-corrected chi connectivity index (χ1v) is 11.6. The molecule has 0 aliphatic heterocycles. The van der Waals surface area contributed by atoms with Gasteiger partial charge in [-0.2, -0.15) is 9.65 Å². The van der Waals surface area contributed by atoms with Crippen molar-refractivity contribution in [2.75, 3.05) is 0 Å². The minimum atomic E-state index is -0.694. The third kappa shape index (κ3) is 6.42. The Balaban J connectivity index is 1.36. The van der Waals surface area contributed by atoms with Gasteiger partial charge in [-0.3, -0.25) is 4.79 Å². The Morgan fingerprint density at radius 3 is 2.37 bits per heavy atom. The molecule has 30 heavy (non-hydrogen) atoms. The number of aryl methyl sites for hydroxylation is 1. The van der Waals surface area contributed by atoms with Gasteiger partial charge in [0, 0.05) is 0 Å². The van der Waals surface area contributed by atoms with E-state index in [2.05, 4.69) is 31.2 Å². The van der Waals surface area contributed by atoms with E-state index in [1.54, 1.807) is 0 Å². The zero-order valence-electron chi connectivity index (χ0n) is 18.1. The normalized spacial score (nSPS) is 27.3. The lowest BCUT2D eigenvalue weighted by Gasteiger charge is -2.31. The van der Waals surface area contributed by atoms with Crippen molar-refractivity contribution < 1.29 is 13.9 Å². The van der Waals surface area contributed by atoms with Gasteiger partial charge < -0.3 is 4.74 Å². The van der Waals surface area contributed by atoms with Gasteiger partial charge in [0.1, 0.15) is 12.2 Å². The zero-order valence-corrected chi connectivity index (χ0v) is 18.1. The van der Waals surface area contributed by atoms with Crippen LogP contribution >= 0.6 is 0 Å². The van der Waals surface area contributed by atoms with Crippen LogP contribution in [0.25, 0.3) is 0 Å². The maximum Gasteiger partial charge on any atom is 0.309 e. The summed E-state index contributed by atoms with van der Waals surface area (Å²) in [4.78, 5) is 12.6. The molecule has 0 N–H and O–H groups in total. The van der Waals surface area contributed by atoms with E-state index >= 15 is 0 Å². The topological polar surface area (TPSA) is 50.1 Å². The Labute approximate surface area is 180 Å². The summed E-state index contributed by atoms with van der Waals surface area (Å²) >= 11 is 0.